The van der Waals surface area contributed by atoms with Crippen LogP contribution in [0, 0.1) is 11.3 Å². The van der Waals surface area contributed by atoms with Gasteiger partial charge < -0.3 is 10.2 Å². The SMILES string of the molecule is CN1CCC[C@@H](Nc2nnc(-c3ccc(C(F)(F)F)cc3C#N)c3ccncc23)C1. The van der Waals surface area contributed by atoms with Crippen molar-refractivity contribution in [2.45, 2.75) is 25.1 Å². The number of nitrogens with zero attached hydrogens (tertiary/aromatic N) is 5. The van der Waals surface area contributed by atoms with Gasteiger partial charge in [-0.05, 0) is 44.6 Å². The maximum absolute atomic E-state index is 13.0. The molecule has 9 heteroatoms. The molecule has 1 atom stereocenters. The van der Waals surface area contributed by atoms with Crippen LogP contribution in [-0.2, 0) is 6.18 Å². The van der Waals surface area contributed by atoms with Crippen molar-refractivity contribution in [2.75, 3.05) is 25.5 Å². The molecular weight excluding hydrogens is 393 g/mol. The van der Waals surface area contributed by atoms with Gasteiger partial charge in [0.1, 0.15) is 5.69 Å². The summed E-state index contributed by atoms with van der Waals surface area (Å²) in [4.78, 5) is 6.41. The van der Waals surface area contributed by atoms with Crippen molar-refractivity contribution in [1.29, 1.82) is 5.26 Å². The molecule has 0 amide bonds. The van der Waals surface area contributed by atoms with Crippen molar-refractivity contribution in [3.05, 3.63) is 47.8 Å². The number of aromatic nitrogens is 3. The van der Waals surface area contributed by atoms with Gasteiger partial charge in [-0.3, -0.25) is 4.98 Å². The number of halogens is 3. The average Bonchev–Trinajstić information content (AvgIpc) is 2.73. The van der Waals surface area contributed by atoms with Gasteiger partial charge in [0, 0.05) is 41.3 Å². The zero-order valence-corrected chi connectivity index (χ0v) is 16.2. The number of hydrogen-bond donors (Lipinski definition) is 1. The Morgan fingerprint density at radius 2 is 2.03 bits per heavy atom. The fourth-order valence-electron chi connectivity index (χ4n) is 3.80. The summed E-state index contributed by atoms with van der Waals surface area (Å²) in [5.41, 5.74) is -0.324. The quantitative estimate of drug-likeness (QED) is 0.698. The molecule has 1 saturated heterocycles. The lowest BCUT2D eigenvalue weighted by molar-refractivity contribution is -0.137. The van der Waals surface area contributed by atoms with Crippen LogP contribution in [0.3, 0.4) is 0 Å². The molecule has 0 saturated carbocycles. The van der Waals surface area contributed by atoms with Gasteiger partial charge in [-0.15, -0.1) is 10.2 Å². The molecule has 0 aliphatic carbocycles. The molecule has 0 radical (unpaired) electrons. The number of hydrogen-bond acceptors (Lipinski definition) is 6. The summed E-state index contributed by atoms with van der Waals surface area (Å²) in [7, 11) is 2.07. The van der Waals surface area contributed by atoms with Crippen LogP contribution in [0.5, 0.6) is 0 Å². The molecule has 1 aliphatic rings. The third-order valence-electron chi connectivity index (χ3n) is 5.27. The zero-order chi connectivity index (χ0) is 21.3. The average molecular weight is 412 g/mol. The van der Waals surface area contributed by atoms with Gasteiger partial charge >= 0.3 is 6.18 Å². The van der Waals surface area contributed by atoms with E-state index in [0.29, 0.717) is 27.8 Å². The van der Waals surface area contributed by atoms with E-state index in [1.54, 1.807) is 18.5 Å². The van der Waals surface area contributed by atoms with Gasteiger partial charge in [-0.2, -0.15) is 18.4 Å². The molecule has 6 nitrogen and oxygen atoms in total. The molecule has 1 fully saturated rings. The number of rotatable bonds is 3. The molecule has 1 aromatic carbocycles. The van der Waals surface area contributed by atoms with Crippen molar-refractivity contribution < 1.29 is 13.2 Å². The normalized spacial score (nSPS) is 17.6. The second-order valence-corrected chi connectivity index (χ2v) is 7.43. The summed E-state index contributed by atoms with van der Waals surface area (Å²) >= 11 is 0. The number of likely N-dealkylation sites (N-methyl/N-ethyl adjacent to an activating group) is 1. The lowest BCUT2D eigenvalue weighted by atomic mass is 9.98. The Morgan fingerprint density at radius 1 is 1.20 bits per heavy atom. The second kappa shape index (κ2) is 7.88. The minimum absolute atomic E-state index is 0.105. The Morgan fingerprint density at radius 3 is 2.77 bits per heavy atom. The molecule has 1 aliphatic heterocycles. The monoisotopic (exact) mass is 412 g/mol. The molecule has 3 heterocycles. The highest BCUT2D eigenvalue weighted by Gasteiger charge is 2.31. The van der Waals surface area contributed by atoms with Crippen molar-refractivity contribution >= 4 is 16.6 Å². The first-order chi connectivity index (χ1) is 14.4. The Kier molecular flexibility index (Phi) is 5.26. The summed E-state index contributed by atoms with van der Waals surface area (Å²) in [6.45, 7) is 1.93. The van der Waals surface area contributed by atoms with E-state index in [1.807, 2.05) is 6.07 Å². The van der Waals surface area contributed by atoms with Crippen LogP contribution in [0.1, 0.15) is 24.0 Å². The Balaban J connectivity index is 1.78. The smallest absolute Gasteiger partial charge is 0.364 e. The number of piperidine rings is 1. The maximum Gasteiger partial charge on any atom is 0.416 e. The standard InChI is InChI=1S/C21H19F3N6/c1-30-8-2-3-15(12-30)27-20-18-11-26-7-6-17(18)19(28-29-20)16-5-4-14(21(22,23)24)9-13(16)10-25/h4-7,9,11,15H,2-3,8,12H2,1H3,(H,27,29)/t15-/m1/s1. The lowest BCUT2D eigenvalue weighted by Gasteiger charge is -2.30. The first-order valence-electron chi connectivity index (χ1n) is 9.54. The highest BCUT2D eigenvalue weighted by molar-refractivity contribution is 6.00. The minimum Gasteiger partial charge on any atom is -0.364 e. The Hall–Kier alpha value is -3.25. The van der Waals surface area contributed by atoms with Crippen molar-refractivity contribution in [2.24, 2.45) is 0 Å². The van der Waals surface area contributed by atoms with E-state index < -0.39 is 11.7 Å². The second-order valence-electron chi connectivity index (χ2n) is 7.43. The maximum atomic E-state index is 13.0. The van der Waals surface area contributed by atoms with Crippen LogP contribution in [0.2, 0.25) is 0 Å². The van der Waals surface area contributed by atoms with Gasteiger partial charge in [-0.1, -0.05) is 6.07 Å². The fraction of sp³-hybridized carbons (Fsp3) is 0.333. The van der Waals surface area contributed by atoms with E-state index in [9.17, 15) is 18.4 Å². The number of alkyl halides is 3. The highest BCUT2D eigenvalue weighted by atomic mass is 19.4. The molecule has 3 aromatic rings. The topological polar surface area (TPSA) is 77.7 Å². The van der Waals surface area contributed by atoms with E-state index in [2.05, 4.69) is 32.4 Å². The largest absolute Gasteiger partial charge is 0.416 e. The van der Waals surface area contributed by atoms with Gasteiger partial charge in [0.2, 0.25) is 0 Å². The molecule has 1 N–H and O–H groups in total. The van der Waals surface area contributed by atoms with Crippen molar-refractivity contribution in [3.63, 3.8) is 0 Å². The minimum atomic E-state index is -4.53. The first kappa shape index (κ1) is 20.0. The van der Waals surface area contributed by atoms with Crippen LogP contribution in [-0.4, -0.2) is 46.3 Å². The molecule has 154 valence electrons. The summed E-state index contributed by atoms with van der Waals surface area (Å²) in [6.07, 6.45) is 0.795. The molecule has 0 spiro atoms. The molecule has 30 heavy (non-hydrogen) atoms. The fourth-order valence-corrected chi connectivity index (χ4v) is 3.80. The summed E-state index contributed by atoms with van der Waals surface area (Å²) in [5.74, 6) is 0.576. The predicted molar refractivity (Wildman–Crippen MR) is 107 cm³/mol. The Bertz CT molecular complexity index is 1120. The number of anilines is 1. The Labute approximate surface area is 171 Å². The van der Waals surface area contributed by atoms with E-state index >= 15 is 0 Å². The van der Waals surface area contributed by atoms with Crippen LogP contribution in [0.15, 0.2) is 36.7 Å². The van der Waals surface area contributed by atoms with Gasteiger partial charge in [0.15, 0.2) is 5.82 Å². The molecular formula is C21H19F3N6. The lowest BCUT2D eigenvalue weighted by Crippen LogP contribution is -2.40. The number of fused-ring (bicyclic) bond motifs is 1. The summed E-state index contributed by atoms with van der Waals surface area (Å²) < 4.78 is 39.1. The van der Waals surface area contributed by atoms with Crippen LogP contribution in [0.25, 0.3) is 22.0 Å². The number of pyridine rings is 1. The highest BCUT2D eigenvalue weighted by Crippen LogP contribution is 2.35. The summed E-state index contributed by atoms with van der Waals surface area (Å²) in [6, 6.07) is 6.87. The number of benzene rings is 1. The number of nitrogens with one attached hydrogen (secondary N) is 1. The molecule has 4 rings (SSSR count). The van der Waals surface area contributed by atoms with Crippen LogP contribution >= 0.6 is 0 Å². The zero-order valence-electron chi connectivity index (χ0n) is 16.2. The molecule has 0 bridgehead atoms. The van der Waals surface area contributed by atoms with Gasteiger partial charge in [0.25, 0.3) is 0 Å². The first-order valence-corrected chi connectivity index (χ1v) is 9.54. The third kappa shape index (κ3) is 3.91. The van der Waals surface area contributed by atoms with E-state index in [0.717, 1.165) is 38.1 Å². The van der Waals surface area contributed by atoms with Gasteiger partial charge in [-0.25, -0.2) is 0 Å². The molecule has 0 unspecified atom stereocenters. The van der Waals surface area contributed by atoms with E-state index in [-0.39, 0.29) is 11.6 Å². The van der Waals surface area contributed by atoms with E-state index in [1.165, 1.54) is 6.07 Å². The predicted octanol–water partition coefficient (Wildman–Crippen LogP) is 4.09. The number of nitriles is 1. The van der Waals surface area contributed by atoms with Gasteiger partial charge in [0.05, 0.1) is 17.2 Å². The number of likely N-dealkylation sites (tertiary alicyclic amines) is 1. The van der Waals surface area contributed by atoms with Crippen LogP contribution < -0.4 is 5.32 Å². The van der Waals surface area contributed by atoms with Crippen molar-refractivity contribution in [1.82, 2.24) is 20.1 Å². The summed E-state index contributed by atoms with van der Waals surface area (Å²) in [5, 5.41) is 22.8. The van der Waals surface area contributed by atoms with Crippen LogP contribution in [0.4, 0.5) is 19.0 Å². The molecule has 2 aromatic heterocycles. The van der Waals surface area contributed by atoms with E-state index in [4.69, 9.17) is 0 Å². The van der Waals surface area contributed by atoms with Crippen molar-refractivity contribution in [3.8, 4) is 17.3 Å². The third-order valence-corrected chi connectivity index (χ3v) is 5.27.